The first-order valence-corrected chi connectivity index (χ1v) is 15.8. The van der Waals surface area contributed by atoms with Crippen LogP contribution in [0.4, 0.5) is 11.8 Å². The van der Waals surface area contributed by atoms with Gasteiger partial charge in [0.15, 0.2) is 17.7 Å². The van der Waals surface area contributed by atoms with Crippen LogP contribution in [0.3, 0.4) is 0 Å². The molecule has 4 unspecified atom stereocenters. The van der Waals surface area contributed by atoms with Gasteiger partial charge in [0, 0.05) is 53.8 Å². The van der Waals surface area contributed by atoms with Crippen LogP contribution in [-0.4, -0.2) is 131 Å². The largest absolute Gasteiger partial charge is 0.394 e. The third kappa shape index (κ3) is 9.86. The maximum Gasteiger partial charge on any atom is 0.259 e. The molecular weight excluding hydrogens is 599 g/mol. The Hall–Kier alpha value is -3.27. The fraction of sp³-hybridized carbons (Fsp3) is 0.655. The lowest BCUT2D eigenvalue weighted by Crippen LogP contribution is -2.36. The van der Waals surface area contributed by atoms with Gasteiger partial charge in [-0.05, 0) is 33.6 Å². The highest BCUT2D eigenvalue weighted by Gasteiger charge is 2.42. The molecule has 16 heteroatoms. The van der Waals surface area contributed by atoms with Crippen LogP contribution in [0.1, 0.15) is 52.5 Å². The van der Waals surface area contributed by atoms with Crippen LogP contribution in [0.5, 0.6) is 0 Å². The predicted molar refractivity (Wildman–Crippen MR) is 173 cm³/mol. The summed E-state index contributed by atoms with van der Waals surface area (Å²) in [6.07, 6.45) is 1.95. The van der Waals surface area contributed by atoms with Gasteiger partial charge in [-0.2, -0.15) is 20.3 Å². The molecule has 0 bridgehead atoms. The average molecular weight is 645 g/mol. The average Bonchev–Trinajstić information content (AvgIpc) is 3.55. The summed E-state index contributed by atoms with van der Waals surface area (Å²) >= 11 is 0. The first-order valence-electron chi connectivity index (χ1n) is 14.7. The minimum Gasteiger partial charge on any atom is -0.394 e. The molecule has 1 fully saturated rings. The number of rotatable bonds is 15. The third-order valence-electron chi connectivity index (χ3n) is 6.28. The molecule has 45 heavy (non-hydrogen) atoms. The highest BCUT2D eigenvalue weighted by Crippen LogP contribution is 2.50. The van der Waals surface area contributed by atoms with Gasteiger partial charge >= 0.3 is 0 Å². The number of aliphatic hydroxyl groups is 1. The molecule has 3 rings (SSSR count). The van der Waals surface area contributed by atoms with E-state index >= 15 is 0 Å². The fourth-order valence-electron chi connectivity index (χ4n) is 4.51. The third-order valence-corrected chi connectivity index (χ3v) is 8.44. The number of hydrogen-bond donors (Lipinski definition) is 1. The Morgan fingerprint density at radius 3 is 2.42 bits per heavy atom. The molecule has 246 valence electrons. The summed E-state index contributed by atoms with van der Waals surface area (Å²) in [5.74, 6) is 6.54. The Labute approximate surface area is 266 Å². The van der Waals surface area contributed by atoms with E-state index in [1.807, 2.05) is 28.2 Å². The van der Waals surface area contributed by atoms with E-state index in [1.165, 1.54) is 0 Å². The Bertz CT molecular complexity index is 1400. The van der Waals surface area contributed by atoms with Gasteiger partial charge in [0.25, 0.3) is 14.5 Å². The molecule has 2 aromatic rings. The highest BCUT2D eigenvalue weighted by molar-refractivity contribution is 7.44. The monoisotopic (exact) mass is 644 g/mol. The van der Waals surface area contributed by atoms with E-state index in [9.17, 15) is 5.11 Å². The van der Waals surface area contributed by atoms with Crippen LogP contribution < -0.4 is 0 Å². The molecule has 2 aromatic heterocycles. The SMILES string of the molecule is COCC#Cc1nn(C2CC(OP(OCCC#N)N(C(C)C)C(C)C)C(CO)O2)c2nc(/N=C/N(C)C)nc(/N=C\N(C)C)c12. The number of fused-ring (bicyclic) bond motifs is 1. The van der Waals surface area contributed by atoms with Crippen LogP contribution in [-0.2, 0) is 18.5 Å². The van der Waals surface area contributed by atoms with Gasteiger partial charge in [-0.25, -0.2) is 19.3 Å². The summed E-state index contributed by atoms with van der Waals surface area (Å²) in [5.41, 5.74) is 0.821. The van der Waals surface area contributed by atoms with Crippen molar-refractivity contribution in [2.24, 2.45) is 9.98 Å². The van der Waals surface area contributed by atoms with Crippen LogP contribution in [0.25, 0.3) is 11.0 Å². The number of methoxy groups -OCH3 is 1. The Balaban J connectivity index is 2.11. The molecule has 1 aliphatic heterocycles. The lowest BCUT2D eigenvalue weighted by atomic mass is 10.2. The number of aliphatic imine (C=N–C) groups is 2. The molecule has 4 atom stereocenters. The van der Waals surface area contributed by atoms with E-state index in [1.54, 1.807) is 34.3 Å². The normalized spacial score (nSPS) is 19.2. The van der Waals surface area contributed by atoms with Gasteiger partial charge in [0.05, 0.1) is 44.5 Å². The second kappa shape index (κ2) is 17.4. The van der Waals surface area contributed by atoms with E-state index < -0.39 is 27.0 Å². The van der Waals surface area contributed by atoms with Gasteiger partial charge < -0.3 is 33.4 Å². The summed E-state index contributed by atoms with van der Waals surface area (Å²) < 4.78 is 27.9. The predicted octanol–water partition coefficient (Wildman–Crippen LogP) is 3.21. The second-order valence-corrected chi connectivity index (χ2v) is 12.6. The van der Waals surface area contributed by atoms with Crippen molar-refractivity contribution in [2.45, 2.75) is 71.1 Å². The standard InChI is InChI=1S/C29H45N10O5P/c1-20(2)39(21(3)4)45(42-15-11-13-30)44-23-16-25(43-24(23)17-40)38-28-26(22(35-38)12-10-14-41-9)27(31-18-36(5)6)33-29(34-28)32-19-37(7)8/h18-21,23-25,40H,11,14-17H2,1-9H3/b31-18-,32-19+. The minimum absolute atomic E-state index is 0.117. The molecule has 1 aliphatic rings. The molecule has 0 radical (unpaired) electrons. The molecule has 1 N–H and O–H groups in total. The van der Waals surface area contributed by atoms with Crippen molar-refractivity contribution in [3.05, 3.63) is 5.69 Å². The van der Waals surface area contributed by atoms with Crippen LogP contribution in [0.2, 0.25) is 0 Å². The molecular formula is C29H45N10O5P. The molecule has 0 aliphatic carbocycles. The topological polar surface area (TPSA) is 159 Å². The number of ether oxygens (including phenoxy) is 2. The molecule has 0 saturated carbocycles. The van der Waals surface area contributed by atoms with Gasteiger partial charge in [-0.3, -0.25) is 0 Å². The van der Waals surface area contributed by atoms with E-state index in [0.29, 0.717) is 29.0 Å². The van der Waals surface area contributed by atoms with Crippen LogP contribution in [0.15, 0.2) is 9.98 Å². The first-order chi connectivity index (χ1) is 21.5. The molecule has 0 amide bonds. The van der Waals surface area contributed by atoms with Crippen molar-refractivity contribution in [2.75, 3.05) is 55.1 Å². The summed E-state index contributed by atoms with van der Waals surface area (Å²) in [5, 5.41) is 24.8. The maximum atomic E-state index is 10.3. The molecule has 3 heterocycles. The van der Waals surface area contributed by atoms with Gasteiger partial charge in [-0.15, -0.1) is 0 Å². The zero-order valence-electron chi connectivity index (χ0n) is 27.6. The van der Waals surface area contributed by atoms with Crippen molar-refractivity contribution in [1.82, 2.24) is 34.2 Å². The number of aliphatic hydroxyl groups excluding tert-OH is 1. The summed E-state index contributed by atoms with van der Waals surface area (Å²) in [4.78, 5) is 21.9. The van der Waals surface area contributed by atoms with E-state index in [4.69, 9.17) is 33.9 Å². The lowest BCUT2D eigenvalue weighted by molar-refractivity contribution is -0.0451. The van der Waals surface area contributed by atoms with E-state index in [2.05, 4.69) is 65.2 Å². The molecule has 0 spiro atoms. The van der Waals surface area contributed by atoms with Gasteiger partial charge in [-0.1, -0.05) is 5.92 Å². The van der Waals surface area contributed by atoms with E-state index in [0.717, 1.165) is 0 Å². The lowest BCUT2D eigenvalue weighted by Gasteiger charge is -2.37. The van der Waals surface area contributed by atoms with Crippen molar-refractivity contribution < 1.29 is 23.6 Å². The summed E-state index contributed by atoms with van der Waals surface area (Å²) in [6, 6.07) is 2.35. The molecule has 0 aromatic carbocycles. The first kappa shape index (κ1) is 36.2. The number of aromatic nitrogens is 4. The number of nitrogens with zero attached hydrogens (tertiary/aromatic N) is 10. The maximum absolute atomic E-state index is 10.3. The van der Waals surface area contributed by atoms with Crippen LogP contribution >= 0.6 is 8.53 Å². The number of nitriles is 1. The highest BCUT2D eigenvalue weighted by atomic mass is 31.2. The van der Waals surface area contributed by atoms with E-state index in [-0.39, 0.29) is 44.3 Å². The van der Waals surface area contributed by atoms with Crippen molar-refractivity contribution in [3.8, 4) is 17.9 Å². The zero-order valence-corrected chi connectivity index (χ0v) is 28.5. The van der Waals surface area contributed by atoms with Gasteiger partial charge in [0.2, 0.25) is 0 Å². The van der Waals surface area contributed by atoms with Crippen molar-refractivity contribution >= 4 is 44.0 Å². The summed E-state index contributed by atoms with van der Waals surface area (Å²) in [7, 11) is 7.41. The minimum atomic E-state index is -1.57. The van der Waals surface area contributed by atoms with Crippen LogP contribution in [0, 0.1) is 23.2 Å². The number of hydrogen-bond acceptors (Lipinski definition) is 12. The Morgan fingerprint density at radius 1 is 1.13 bits per heavy atom. The Morgan fingerprint density at radius 2 is 1.82 bits per heavy atom. The molecule has 1 saturated heterocycles. The Kier molecular flexibility index (Phi) is 14.0. The second-order valence-electron chi connectivity index (χ2n) is 11.2. The van der Waals surface area contributed by atoms with Gasteiger partial charge in [0.1, 0.15) is 23.8 Å². The fourth-order valence-corrected chi connectivity index (χ4v) is 6.27. The molecule has 15 nitrogen and oxygen atoms in total. The zero-order chi connectivity index (χ0) is 33.1. The smallest absolute Gasteiger partial charge is 0.259 e. The van der Waals surface area contributed by atoms with Crippen molar-refractivity contribution in [3.63, 3.8) is 0 Å². The van der Waals surface area contributed by atoms with Crippen molar-refractivity contribution in [1.29, 1.82) is 5.26 Å². The summed E-state index contributed by atoms with van der Waals surface area (Å²) in [6.45, 7) is 8.43. The quantitative estimate of drug-likeness (QED) is 0.0994.